The Morgan fingerprint density at radius 3 is 2.39 bits per heavy atom. The number of nitrogens with one attached hydrogen (secondary N) is 1. The molecule has 2 aliphatic carbocycles. The third-order valence-corrected chi connectivity index (χ3v) is 7.01. The van der Waals surface area contributed by atoms with E-state index in [1.807, 2.05) is 6.20 Å². The molecule has 0 unspecified atom stereocenters. The monoisotopic (exact) mass is 406 g/mol. The molecule has 0 bridgehead atoms. The summed E-state index contributed by atoms with van der Waals surface area (Å²) in [5.74, 6) is 0. The van der Waals surface area contributed by atoms with Crippen LogP contribution in [0.2, 0.25) is 0 Å². The second kappa shape index (κ2) is 7.17. The smallest absolute Gasteiger partial charge is 0.0784 e. The van der Waals surface area contributed by atoms with Crippen molar-refractivity contribution in [1.82, 2.24) is 15.2 Å². The normalized spacial score (nSPS) is 16.7. The van der Waals surface area contributed by atoms with Crippen LogP contribution in [0.4, 0.5) is 0 Å². The van der Waals surface area contributed by atoms with Crippen LogP contribution in [0.5, 0.6) is 0 Å². The van der Waals surface area contributed by atoms with Gasteiger partial charge in [-0.05, 0) is 61.3 Å². The number of pyridine rings is 1. The van der Waals surface area contributed by atoms with Crippen LogP contribution in [0.25, 0.3) is 33.6 Å². The predicted molar refractivity (Wildman–Crippen MR) is 124 cm³/mol. The molecule has 2 aromatic heterocycles. The van der Waals surface area contributed by atoms with E-state index < -0.39 is 0 Å². The fraction of sp³-hybridized carbons (Fsp3) is 0.259. The molecule has 0 aliphatic heterocycles. The van der Waals surface area contributed by atoms with E-state index in [1.54, 1.807) is 0 Å². The molecule has 0 saturated heterocycles. The number of nitrogens with two attached hydrogens (primary N) is 1. The van der Waals surface area contributed by atoms with Crippen molar-refractivity contribution < 1.29 is 0 Å². The molecule has 1 fully saturated rings. The number of benzene rings is 2. The molecule has 4 heteroatoms. The number of hydrogen-bond acceptors (Lipinski definition) is 3. The maximum Gasteiger partial charge on any atom is 0.0784 e. The van der Waals surface area contributed by atoms with Gasteiger partial charge in [0.05, 0.1) is 23.3 Å². The minimum atomic E-state index is -0.140. The summed E-state index contributed by atoms with van der Waals surface area (Å²) in [5.41, 5.74) is 16.9. The lowest BCUT2D eigenvalue weighted by atomic mass is 9.72. The molecule has 0 amide bonds. The van der Waals surface area contributed by atoms with Gasteiger partial charge < -0.3 is 5.73 Å². The van der Waals surface area contributed by atoms with E-state index in [2.05, 4.69) is 70.9 Å². The number of hydrogen-bond donors (Lipinski definition) is 2. The lowest BCUT2D eigenvalue weighted by Crippen LogP contribution is -2.43. The van der Waals surface area contributed by atoms with Crippen LogP contribution in [-0.4, -0.2) is 15.2 Å². The van der Waals surface area contributed by atoms with Crippen LogP contribution >= 0.6 is 0 Å². The lowest BCUT2D eigenvalue weighted by Gasteiger charge is -2.38. The molecular weight excluding hydrogens is 380 g/mol. The molecule has 154 valence electrons. The summed E-state index contributed by atoms with van der Waals surface area (Å²) >= 11 is 0. The van der Waals surface area contributed by atoms with Gasteiger partial charge in [-0.15, -0.1) is 0 Å². The topological polar surface area (TPSA) is 67.6 Å². The Morgan fingerprint density at radius 1 is 0.839 bits per heavy atom. The van der Waals surface area contributed by atoms with Gasteiger partial charge in [0.1, 0.15) is 0 Å². The van der Waals surface area contributed by atoms with Crippen molar-refractivity contribution >= 4 is 0 Å². The first-order chi connectivity index (χ1) is 15.2. The van der Waals surface area contributed by atoms with Gasteiger partial charge in [0.25, 0.3) is 0 Å². The number of aryl methyl sites for hydroxylation is 2. The summed E-state index contributed by atoms with van der Waals surface area (Å²) < 4.78 is 0. The highest BCUT2D eigenvalue weighted by Gasteiger charge is 2.34. The van der Waals surface area contributed by atoms with Crippen molar-refractivity contribution in [2.45, 2.75) is 44.1 Å². The van der Waals surface area contributed by atoms with Crippen LogP contribution in [0.1, 0.15) is 42.5 Å². The molecule has 31 heavy (non-hydrogen) atoms. The molecule has 6 rings (SSSR count). The fourth-order valence-electron chi connectivity index (χ4n) is 5.00. The zero-order valence-corrected chi connectivity index (χ0v) is 17.6. The Bertz CT molecular complexity index is 1230. The van der Waals surface area contributed by atoms with Gasteiger partial charge in [0, 0.05) is 22.2 Å². The summed E-state index contributed by atoms with van der Waals surface area (Å²) in [6.45, 7) is 0. The van der Waals surface area contributed by atoms with E-state index >= 15 is 0 Å². The van der Waals surface area contributed by atoms with Crippen LogP contribution in [0.15, 0.2) is 66.9 Å². The Morgan fingerprint density at radius 2 is 1.65 bits per heavy atom. The van der Waals surface area contributed by atoms with E-state index in [9.17, 15) is 0 Å². The van der Waals surface area contributed by atoms with Gasteiger partial charge in [0.2, 0.25) is 0 Å². The number of nitrogens with zero attached hydrogens (tertiary/aromatic N) is 2. The van der Waals surface area contributed by atoms with E-state index in [-0.39, 0.29) is 5.54 Å². The zero-order chi connectivity index (χ0) is 20.8. The summed E-state index contributed by atoms with van der Waals surface area (Å²) in [6.07, 6.45) is 8.43. The second-order valence-electron chi connectivity index (χ2n) is 8.96. The lowest BCUT2D eigenvalue weighted by molar-refractivity contribution is 0.253. The van der Waals surface area contributed by atoms with Crippen molar-refractivity contribution in [3.63, 3.8) is 0 Å². The van der Waals surface area contributed by atoms with Crippen molar-refractivity contribution in [1.29, 1.82) is 0 Å². The molecule has 2 aliphatic rings. The maximum absolute atomic E-state index is 6.55. The van der Waals surface area contributed by atoms with E-state index in [0.717, 1.165) is 60.3 Å². The number of aromatic nitrogens is 3. The highest BCUT2D eigenvalue weighted by Crippen LogP contribution is 2.41. The Labute approximate surface area is 182 Å². The first kappa shape index (κ1) is 18.5. The fourth-order valence-corrected chi connectivity index (χ4v) is 5.00. The Kier molecular flexibility index (Phi) is 4.29. The van der Waals surface area contributed by atoms with Crippen LogP contribution < -0.4 is 5.73 Å². The molecule has 2 aromatic carbocycles. The first-order valence-electron chi connectivity index (χ1n) is 11.2. The molecule has 0 spiro atoms. The van der Waals surface area contributed by atoms with Crippen LogP contribution in [0, 0.1) is 0 Å². The van der Waals surface area contributed by atoms with Crippen LogP contribution in [0.3, 0.4) is 0 Å². The van der Waals surface area contributed by atoms with Gasteiger partial charge >= 0.3 is 0 Å². The van der Waals surface area contributed by atoms with Crippen LogP contribution in [-0.2, 0) is 18.4 Å². The summed E-state index contributed by atoms with van der Waals surface area (Å²) in [7, 11) is 0. The quantitative estimate of drug-likeness (QED) is 0.463. The van der Waals surface area contributed by atoms with Gasteiger partial charge in [-0.3, -0.25) is 10.1 Å². The standard InChI is InChI=1S/C27H26N4/c28-27(14-5-15-27)21-12-10-19(11-13-21)25-22(18-6-2-1-3-7-18)16-23-24(30-25)9-4-8-20-17-29-31-26(20)23/h1-3,6-7,10-13,16-17H,4-5,8-9,14-15,28H2,(H,29,31). The Hall–Kier alpha value is -3.24. The molecule has 4 aromatic rings. The summed E-state index contributed by atoms with van der Waals surface area (Å²) in [6, 6.07) is 21.6. The van der Waals surface area contributed by atoms with Crippen molar-refractivity contribution in [3.05, 3.63) is 83.7 Å². The maximum atomic E-state index is 6.55. The van der Waals surface area contributed by atoms with E-state index in [4.69, 9.17) is 10.7 Å². The molecule has 0 atom stereocenters. The van der Waals surface area contributed by atoms with Crippen molar-refractivity contribution in [2.24, 2.45) is 5.73 Å². The molecule has 2 heterocycles. The predicted octanol–water partition coefficient (Wildman–Crippen LogP) is 5.63. The van der Waals surface area contributed by atoms with Gasteiger partial charge in [0.15, 0.2) is 0 Å². The SMILES string of the molecule is NC1(c2ccc(-c3nc4c(cc3-c3ccccc3)-c3[nH]ncc3CCC4)cc2)CCC1. The number of fused-ring (bicyclic) bond motifs is 3. The minimum Gasteiger partial charge on any atom is -0.321 e. The van der Waals surface area contributed by atoms with Crippen molar-refractivity contribution in [2.75, 3.05) is 0 Å². The minimum absolute atomic E-state index is 0.140. The van der Waals surface area contributed by atoms with Crippen molar-refractivity contribution in [3.8, 4) is 33.6 Å². The second-order valence-corrected chi connectivity index (χ2v) is 8.96. The van der Waals surface area contributed by atoms with Gasteiger partial charge in [-0.1, -0.05) is 54.6 Å². The zero-order valence-electron chi connectivity index (χ0n) is 17.6. The summed E-state index contributed by atoms with van der Waals surface area (Å²) in [4.78, 5) is 5.25. The number of rotatable bonds is 3. The van der Waals surface area contributed by atoms with Gasteiger partial charge in [-0.25, -0.2) is 0 Å². The molecule has 4 nitrogen and oxygen atoms in total. The average Bonchev–Trinajstić information content (AvgIpc) is 3.19. The van der Waals surface area contributed by atoms with Gasteiger partial charge in [-0.2, -0.15) is 5.10 Å². The third-order valence-electron chi connectivity index (χ3n) is 7.01. The largest absolute Gasteiger partial charge is 0.321 e. The average molecular weight is 407 g/mol. The number of H-pyrrole nitrogens is 1. The Balaban J connectivity index is 1.52. The van der Waals surface area contributed by atoms with E-state index in [1.165, 1.54) is 28.7 Å². The third kappa shape index (κ3) is 3.10. The molecule has 0 radical (unpaired) electrons. The highest BCUT2D eigenvalue weighted by atomic mass is 15.1. The highest BCUT2D eigenvalue weighted by molar-refractivity contribution is 5.85. The molecule has 3 N–H and O–H groups in total. The summed E-state index contributed by atoms with van der Waals surface area (Å²) in [5, 5.41) is 7.53. The molecular formula is C27H26N4. The molecule has 1 saturated carbocycles. The number of aromatic amines is 1. The first-order valence-corrected chi connectivity index (χ1v) is 11.2. The van der Waals surface area contributed by atoms with E-state index in [0.29, 0.717) is 0 Å².